The van der Waals surface area contributed by atoms with Crippen LogP contribution in [0.15, 0.2) is 54.6 Å². The molecule has 0 aliphatic rings. The number of rotatable bonds is 9. The Balaban J connectivity index is 2.07. The fourth-order valence-electron chi connectivity index (χ4n) is 3.05. The second-order valence-corrected chi connectivity index (χ2v) is 6.38. The van der Waals surface area contributed by atoms with E-state index in [0.29, 0.717) is 18.0 Å². The zero-order valence-corrected chi connectivity index (χ0v) is 16.3. The van der Waals surface area contributed by atoms with Crippen LogP contribution in [0.2, 0.25) is 0 Å². The molecule has 0 heterocycles. The van der Waals surface area contributed by atoms with E-state index in [0.717, 1.165) is 18.4 Å². The number of carbonyl (C=O) groups excluding carboxylic acids is 2. The SMILES string of the molecule is CCCC(C(=O)N(CC)CC(=O)Nc1cccc(OC)c1)c1ccccc1. The summed E-state index contributed by atoms with van der Waals surface area (Å²) in [5.41, 5.74) is 1.65. The van der Waals surface area contributed by atoms with Crippen LogP contribution < -0.4 is 10.1 Å². The minimum absolute atomic E-state index is 0.00802. The molecule has 144 valence electrons. The number of ether oxygens (including phenoxy) is 1. The molecule has 5 heteroatoms. The molecule has 0 fully saturated rings. The first-order valence-electron chi connectivity index (χ1n) is 9.36. The number of carbonyl (C=O) groups is 2. The lowest BCUT2D eigenvalue weighted by Crippen LogP contribution is -2.40. The smallest absolute Gasteiger partial charge is 0.243 e. The van der Waals surface area contributed by atoms with E-state index in [1.54, 1.807) is 24.1 Å². The molecule has 27 heavy (non-hydrogen) atoms. The molecule has 0 aliphatic heterocycles. The number of hydrogen-bond acceptors (Lipinski definition) is 3. The Morgan fingerprint density at radius 3 is 2.44 bits per heavy atom. The van der Waals surface area contributed by atoms with Crippen LogP contribution in [-0.2, 0) is 9.59 Å². The van der Waals surface area contributed by atoms with Crippen LogP contribution in [0, 0.1) is 0 Å². The monoisotopic (exact) mass is 368 g/mol. The van der Waals surface area contributed by atoms with E-state index in [1.807, 2.05) is 49.4 Å². The lowest BCUT2D eigenvalue weighted by Gasteiger charge is -2.26. The number of anilines is 1. The van der Waals surface area contributed by atoms with Crippen LogP contribution in [0.1, 0.15) is 38.2 Å². The van der Waals surface area contributed by atoms with E-state index < -0.39 is 0 Å². The first-order valence-corrected chi connectivity index (χ1v) is 9.36. The zero-order chi connectivity index (χ0) is 19.6. The first-order chi connectivity index (χ1) is 13.1. The van der Waals surface area contributed by atoms with E-state index in [4.69, 9.17) is 4.74 Å². The molecule has 0 saturated heterocycles. The quantitative estimate of drug-likeness (QED) is 0.726. The second-order valence-electron chi connectivity index (χ2n) is 6.38. The van der Waals surface area contributed by atoms with Crippen molar-refractivity contribution in [2.45, 2.75) is 32.6 Å². The van der Waals surface area contributed by atoms with Gasteiger partial charge in [-0.1, -0.05) is 49.7 Å². The summed E-state index contributed by atoms with van der Waals surface area (Å²) in [5.74, 6) is 0.220. The standard InChI is InChI=1S/C22H28N2O3/c1-4-10-20(17-11-7-6-8-12-17)22(26)24(5-2)16-21(25)23-18-13-9-14-19(15-18)27-3/h6-9,11-15,20H,4-5,10,16H2,1-3H3,(H,23,25). The maximum absolute atomic E-state index is 13.1. The van der Waals surface area contributed by atoms with Gasteiger partial charge in [-0.05, 0) is 31.0 Å². The Kier molecular flexibility index (Phi) is 7.86. The van der Waals surface area contributed by atoms with E-state index >= 15 is 0 Å². The Morgan fingerprint density at radius 2 is 1.81 bits per heavy atom. The fourth-order valence-corrected chi connectivity index (χ4v) is 3.05. The third-order valence-electron chi connectivity index (χ3n) is 4.46. The van der Waals surface area contributed by atoms with Gasteiger partial charge in [0.05, 0.1) is 19.6 Å². The van der Waals surface area contributed by atoms with Gasteiger partial charge in [0.2, 0.25) is 11.8 Å². The van der Waals surface area contributed by atoms with Crippen LogP contribution in [0.3, 0.4) is 0 Å². The zero-order valence-electron chi connectivity index (χ0n) is 16.3. The second kappa shape index (κ2) is 10.4. The number of amides is 2. The molecule has 2 aromatic rings. The molecular formula is C22H28N2O3. The summed E-state index contributed by atoms with van der Waals surface area (Å²) in [6.45, 7) is 4.47. The van der Waals surface area contributed by atoms with Crippen LogP contribution in [0.25, 0.3) is 0 Å². The number of benzene rings is 2. The maximum Gasteiger partial charge on any atom is 0.243 e. The summed E-state index contributed by atoms with van der Waals surface area (Å²) < 4.78 is 5.17. The molecule has 2 rings (SSSR count). The number of nitrogens with one attached hydrogen (secondary N) is 1. The highest BCUT2D eigenvalue weighted by molar-refractivity contribution is 5.95. The molecule has 1 N–H and O–H groups in total. The summed E-state index contributed by atoms with van der Waals surface area (Å²) in [5, 5.41) is 2.83. The average molecular weight is 368 g/mol. The van der Waals surface area contributed by atoms with Gasteiger partial charge in [-0.3, -0.25) is 9.59 Å². The third-order valence-corrected chi connectivity index (χ3v) is 4.46. The van der Waals surface area contributed by atoms with Crippen molar-refractivity contribution in [3.8, 4) is 5.75 Å². The van der Waals surface area contributed by atoms with Crippen molar-refractivity contribution in [3.05, 3.63) is 60.2 Å². The summed E-state index contributed by atoms with van der Waals surface area (Å²) in [4.78, 5) is 27.2. The molecule has 0 aliphatic carbocycles. The van der Waals surface area contributed by atoms with E-state index in [1.165, 1.54) is 0 Å². The Morgan fingerprint density at radius 1 is 1.07 bits per heavy atom. The lowest BCUT2D eigenvalue weighted by atomic mass is 9.93. The van der Waals surface area contributed by atoms with Gasteiger partial charge in [0.1, 0.15) is 5.75 Å². The highest BCUT2D eigenvalue weighted by Crippen LogP contribution is 2.24. The van der Waals surface area contributed by atoms with E-state index in [9.17, 15) is 9.59 Å². The molecule has 0 saturated carbocycles. The largest absolute Gasteiger partial charge is 0.497 e. The van der Waals surface area contributed by atoms with Gasteiger partial charge in [-0.25, -0.2) is 0 Å². The van der Waals surface area contributed by atoms with Crippen molar-refractivity contribution < 1.29 is 14.3 Å². The number of likely N-dealkylation sites (N-methyl/N-ethyl adjacent to an activating group) is 1. The summed E-state index contributed by atoms with van der Waals surface area (Å²) >= 11 is 0. The first kappa shape index (κ1) is 20.5. The Bertz CT molecular complexity index is 746. The van der Waals surface area contributed by atoms with Crippen molar-refractivity contribution in [1.29, 1.82) is 0 Å². The van der Waals surface area contributed by atoms with Crippen molar-refractivity contribution in [2.24, 2.45) is 0 Å². The normalized spacial score (nSPS) is 11.5. The van der Waals surface area contributed by atoms with Crippen LogP contribution in [-0.4, -0.2) is 36.9 Å². The minimum Gasteiger partial charge on any atom is -0.497 e. The molecule has 0 bridgehead atoms. The summed E-state index contributed by atoms with van der Waals surface area (Å²) in [6.07, 6.45) is 1.66. The third kappa shape index (κ3) is 5.84. The van der Waals surface area contributed by atoms with Crippen molar-refractivity contribution in [2.75, 3.05) is 25.5 Å². The predicted octanol–water partition coefficient (Wildman–Crippen LogP) is 4.07. The van der Waals surface area contributed by atoms with Gasteiger partial charge in [0.25, 0.3) is 0 Å². The van der Waals surface area contributed by atoms with Gasteiger partial charge in [-0.15, -0.1) is 0 Å². The van der Waals surface area contributed by atoms with Gasteiger partial charge in [0, 0.05) is 18.3 Å². The molecule has 1 atom stereocenters. The molecule has 0 spiro atoms. The van der Waals surface area contributed by atoms with Gasteiger partial charge in [-0.2, -0.15) is 0 Å². The average Bonchev–Trinajstić information content (AvgIpc) is 2.70. The molecule has 2 amide bonds. The van der Waals surface area contributed by atoms with Crippen molar-refractivity contribution >= 4 is 17.5 Å². The van der Waals surface area contributed by atoms with E-state index in [-0.39, 0.29) is 24.3 Å². The number of methoxy groups -OCH3 is 1. The molecule has 1 unspecified atom stereocenters. The van der Waals surface area contributed by atoms with Crippen LogP contribution >= 0.6 is 0 Å². The molecule has 5 nitrogen and oxygen atoms in total. The molecule has 2 aromatic carbocycles. The summed E-state index contributed by atoms with van der Waals surface area (Å²) in [7, 11) is 1.58. The highest BCUT2D eigenvalue weighted by atomic mass is 16.5. The molecule has 0 aromatic heterocycles. The van der Waals surface area contributed by atoms with Gasteiger partial charge >= 0.3 is 0 Å². The number of nitrogens with zero attached hydrogens (tertiary/aromatic N) is 1. The van der Waals surface area contributed by atoms with Gasteiger partial charge in [0.15, 0.2) is 0 Å². The van der Waals surface area contributed by atoms with Crippen LogP contribution in [0.4, 0.5) is 5.69 Å². The number of hydrogen-bond donors (Lipinski definition) is 1. The van der Waals surface area contributed by atoms with Gasteiger partial charge < -0.3 is 15.0 Å². The van der Waals surface area contributed by atoms with Crippen LogP contribution in [0.5, 0.6) is 5.75 Å². The summed E-state index contributed by atoms with van der Waals surface area (Å²) in [6, 6.07) is 16.9. The highest BCUT2D eigenvalue weighted by Gasteiger charge is 2.25. The Hall–Kier alpha value is -2.82. The van der Waals surface area contributed by atoms with E-state index in [2.05, 4.69) is 12.2 Å². The maximum atomic E-state index is 13.1. The fraction of sp³-hybridized carbons (Fsp3) is 0.364. The lowest BCUT2D eigenvalue weighted by molar-refractivity contribution is -0.136. The predicted molar refractivity (Wildman–Crippen MR) is 108 cm³/mol. The van der Waals surface area contributed by atoms with Crippen molar-refractivity contribution in [1.82, 2.24) is 4.90 Å². The van der Waals surface area contributed by atoms with Crippen molar-refractivity contribution in [3.63, 3.8) is 0 Å². The minimum atomic E-state index is -0.222. The Labute approximate surface area is 161 Å². The molecular weight excluding hydrogens is 340 g/mol. The topological polar surface area (TPSA) is 58.6 Å². The molecule has 0 radical (unpaired) electrons.